The standard InChI is InChI=1S/C11H10ClN3O2S/c1-7-10(15(16)17)11(14(2)13-7)18-9-6-4-3-5-8(9)12/h3-6H,1-2H3. The second-order valence-corrected chi connectivity index (χ2v) is 5.09. The van der Waals surface area contributed by atoms with Crippen molar-refractivity contribution in [1.82, 2.24) is 9.78 Å². The first-order valence-electron chi connectivity index (χ1n) is 5.11. The molecule has 0 aliphatic carbocycles. The van der Waals surface area contributed by atoms with Gasteiger partial charge in [0, 0.05) is 11.9 Å². The Kier molecular flexibility index (Phi) is 3.58. The Bertz CT molecular complexity index is 612. The number of nitro groups is 1. The molecule has 0 aliphatic heterocycles. The fraction of sp³-hybridized carbons (Fsp3) is 0.182. The lowest BCUT2D eigenvalue weighted by molar-refractivity contribution is -0.388. The molecule has 0 aliphatic rings. The molecule has 0 unspecified atom stereocenters. The van der Waals surface area contributed by atoms with Crippen LogP contribution in [0.3, 0.4) is 0 Å². The maximum atomic E-state index is 11.0. The van der Waals surface area contributed by atoms with Crippen LogP contribution in [0.5, 0.6) is 0 Å². The van der Waals surface area contributed by atoms with E-state index in [-0.39, 0.29) is 5.69 Å². The van der Waals surface area contributed by atoms with Crippen molar-refractivity contribution in [2.45, 2.75) is 16.8 Å². The molecular weight excluding hydrogens is 274 g/mol. The number of aryl methyl sites for hydroxylation is 2. The fourth-order valence-corrected chi connectivity index (χ4v) is 2.85. The number of rotatable bonds is 3. The van der Waals surface area contributed by atoms with E-state index in [4.69, 9.17) is 11.6 Å². The lowest BCUT2D eigenvalue weighted by Gasteiger charge is -2.03. The largest absolute Gasteiger partial charge is 0.324 e. The highest BCUT2D eigenvalue weighted by Crippen LogP contribution is 2.38. The summed E-state index contributed by atoms with van der Waals surface area (Å²) in [5.74, 6) is 0. The zero-order valence-electron chi connectivity index (χ0n) is 9.75. The second kappa shape index (κ2) is 4.99. The van der Waals surface area contributed by atoms with E-state index in [1.54, 1.807) is 20.0 Å². The summed E-state index contributed by atoms with van der Waals surface area (Å²) in [5.41, 5.74) is 0.430. The Morgan fingerprint density at radius 3 is 2.72 bits per heavy atom. The predicted molar refractivity (Wildman–Crippen MR) is 70.2 cm³/mol. The summed E-state index contributed by atoms with van der Waals surface area (Å²) in [5, 5.41) is 16.1. The Labute approximate surface area is 113 Å². The van der Waals surface area contributed by atoms with Crippen molar-refractivity contribution in [3.63, 3.8) is 0 Å². The Morgan fingerprint density at radius 2 is 2.11 bits per heavy atom. The maximum Gasteiger partial charge on any atom is 0.324 e. The lowest BCUT2D eigenvalue weighted by atomic mass is 10.4. The van der Waals surface area contributed by atoms with E-state index in [0.29, 0.717) is 15.7 Å². The highest BCUT2D eigenvalue weighted by atomic mass is 35.5. The molecule has 0 spiro atoms. The molecule has 7 heteroatoms. The minimum absolute atomic E-state index is 0.0300. The Morgan fingerprint density at radius 1 is 1.44 bits per heavy atom. The number of aromatic nitrogens is 2. The SMILES string of the molecule is Cc1nn(C)c(Sc2ccccc2Cl)c1[N+](=O)[O-]. The van der Waals surface area contributed by atoms with Gasteiger partial charge in [-0.25, -0.2) is 0 Å². The van der Waals surface area contributed by atoms with Gasteiger partial charge in [-0.1, -0.05) is 35.5 Å². The summed E-state index contributed by atoms with van der Waals surface area (Å²) in [6, 6.07) is 7.22. The molecule has 0 saturated carbocycles. The van der Waals surface area contributed by atoms with Crippen molar-refractivity contribution in [3.8, 4) is 0 Å². The first-order chi connectivity index (χ1) is 8.50. The third kappa shape index (κ3) is 2.34. The minimum Gasteiger partial charge on any atom is -0.258 e. The van der Waals surface area contributed by atoms with Crippen LogP contribution in [-0.4, -0.2) is 14.7 Å². The molecule has 1 aromatic heterocycles. The molecule has 1 heterocycles. The molecule has 1 aromatic carbocycles. The van der Waals surface area contributed by atoms with E-state index in [2.05, 4.69) is 5.10 Å². The van der Waals surface area contributed by atoms with Gasteiger partial charge in [0.1, 0.15) is 5.69 Å². The maximum absolute atomic E-state index is 11.0. The summed E-state index contributed by atoms with van der Waals surface area (Å²) < 4.78 is 1.50. The smallest absolute Gasteiger partial charge is 0.258 e. The highest BCUT2D eigenvalue weighted by molar-refractivity contribution is 7.99. The normalized spacial score (nSPS) is 10.6. The van der Waals surface area contributed by atoms with Crippen LogP contribution in [-0.2, 0) is 7.05 Å². The van der Waals surface area contributed by atoms with Gasteiger partial charge in [0.15, 0.2) is 5.03 Å². The van der Waals surface area contributed by atoms with E-state index in [0.717, 1.165) is 4.90 Å². The minimum atomic E-state index is -0.415. The quantitative estimate of drug-likeness (QED) is 0.639. The number of halogens is 1. The van der Waals surface area contributed by atoms with Crippen molar-refractivity contribution in [2.75, 3.05) is 0 Å². The predicted octanol–water partition coefficient (Wildman–Crippen LogP) is 3.44. The summed E-state index contributed by atoms with van der Waals surface area (Å²) in [6.07, 6.45) is 0. The van der Waals surface area contributed by atoms with Gasteiger partial charge < -0.3 is 0 Å². The van der Waals surface area contributed by atoms with Gasteiger partial charge in [0.05, 0.1) is 9.95 Å². The number of nitrogens with zero attached hydrogens (tertiary/aromatic N) is 3. The molecule has 0 atom stereocenters. The van der Waals surface area contributed by atoms with Crippen molar-refractivity contribution in [3.05, 3.63) is 45.1 Å². The zero-order chi connectivity index (χ0) is 13.3. The summed E-state index contributed by atoms with van der Waals surface area (Å²) in [4.78, 5) is 11.4. The summed E-state index contributed by atoms with van der Waals surface area (Å²) in [6.45, 7) is 1.62. The van der Waals surface area contributed by atoms with Gasteiger partial charge in [-0.3, -0.25) is 14.8 Å². The number of hydrogen-bond donors (Lipinski definition) is 0. The van der Waals surface area contributed by atoms with Crippen LogP contribution in [0, 0.1) is 17.0 Å². The average Bonchev–Trinajstić information content (AvgIpc) is 2.57. The first kappa shape index (κ1) is 12.9. The zero-order valence-corrected chi connectivity index (χ0v) is 11.3. The second-order valence-electron chi connectivity index (χ2n) is 3.65. The van der Waals surface area contributed by atoms with Gasteiger partial charge in [-0.2, -0.15) is 5.10 Å². The topological polar surface area (TPSA) is 61.0 Å². The van der Waals surface area contributed by atoms with Crippen molar-refractivity contribution < 1.29 is 4.92 Å². The van der Waals surface area contributed by atoms with Crippen LogP contribution in [0.25, 0.3) is 0 Å². The third-order valence-corrected chi connectivity index (χ3v) is 4.03. The van der Waals surface area contributed by atoms with E-state index < -0.39 is 4.92 Å². The molecule has 18 heavy (non-hydrogen) atoms. The Balaban J connectivity index is 2.47. The molecule has 5 nitrogen and oxygen atoms in total. The molecule has 2 aromatic rings. The van der Waals surface area contributed by atoms with Crippen LogP contribution in [0.2, 0.25) is 5.02 Å². The molecule has 0 bridgehead atoms. The fourth-order valence-electron chi connectivity index (χ4n) is 1.58. The summed E-state index contributed by atoms with van der Waals surface area (Å²) >= 11 is 7.29. The van der Waals surface area contributed by atoms with Crippen LogP contribution >= 0.6 is 23.4 Å². The molecule has 0 radical (unpaired) electrons. The van der Waals surface area contributed by atoms with Crippen molar-refractivity contribution in [2.24, 2.45) is 7.05 Å². The number of hydrogen-bond acceptors (Lipinski definition) is 4. The summed E-state index contributed by atoms with van der Waals surface area (Å²) in [7, 11) is 1.68. The van der Waals surface area contributed by atoms with E-state index in [1.165, 1.54) is 16.4 Å². The third-order valence-electron chi connectivity index (χ3n) is 2.37. The van der Waals surface area contributed by atoms with Gasteiger partial charge in [0.25, 0.3) is 0 Å². The van der Waals surface area contributed by atoms with Crippen LogP contribution in [0.1, 0.15) is 5.69 Å². The van der Waals surface area contributed by atoms with E-state index in [1.807, 2.05) is 18.2 Å². The molecule has 0 N–H and O–H groups in total. The lowest BCUT2D eigenvalue weighted by Crippen LogP contribution is -1.94. The highest BCUT2D eigenvalue weighted by Gasteiger charge is 2.25. The van der Waals surface area contributed by atoms with Gasteiger partial charge in [-0.15, -0.1) is 0 Å². The van der Waals surface area contributed by atoms with E-state index in [9.17, 15) is 10.1 Å². The Hall–Kier alpha value is -1.53. The van der Waals surface area contributed by atoms with Gasteiger partial charge in [-0.05, 0) is 19.1 Å². The number of benzene rings is 1. The van der Waals surface area contributed by atoms with Gasteiger partial charge >= 0.3 is 5.69 Å². The molecule has 0 amide bonds. The average molecular weight is 284 g/mol. The molecule has 2 rings (SSSR count). The first-order valence-corrected chi connectivity index (χ1v) is 6.30. The van der Waals surface area contributed by atoms with Crippen LogP contribution < -0.4 is 0 Å². The van der Waals surface area contributed by atoms with Crippen LogP contribution in [0.15, 0.2) is 34.2 Å². The molecule has 94 valence electrons. The van der Waals surface area contributed by atoms with Gasteiger partial charge in [0.2, 0.25) is 0 Å². The monoisotopic (exact) mass is 283 g/mol. The van der Waals surface area contributed by atoms with E-state index >= 15 is 0 Å². The van der Waals surface area contributed by atoms with Crippen molar-refractivity contribution in [1.29, 1.82) is 0 Å². The molecule has 0 saturated heterocycles. The molecule has 0 fully saturated rings. The van der Waals surface area contributed by atoms with Crippen molar-refractivity contribution >= 4 is 29.1 Å². The molecular formula is C11H10ClN3O2S. The van der Waals surface area contributed by atoms with Crippen LogP contribution in [0.4, 0.5) is 5.69 Å².